The Balaban J connectivity index is 1.42. The number of fused-ring (bicyclic) bond motifs is 1. The first kappa shape index (κ1) is 32.0. The van der Waals surface area contributed by atoms with Crippen molar-refractivity contribution >= 4 is 51.9 Å². The van der Waals surface area contributed by atoms with Crippen molar-refractivity contribution in [2.45, 2.75) is 32.7 Å². The minimum atomic E-state index is -1.01. The first-order valence-corrected chi connectivity index (χ1v) is 14.9. The van der Waals surface area contributed by atoms with Gasteiger partial charge in [0.25, 0.3) is 5.91 Å². The van der Waals surface area contributed by atoms with Crippen molar-refractivity contribution in [1.82, 2.24) is 9.88 Å². The molecule has 0 aliphatic rings. The number of ether oxygens (including phenoxy) is 2. The highest BCUT2D eigenvalue weighted by molar-refractivity contribution is 6.30. The molecular formula is C36H32ClN3O6. The van der Waals surface area contributed by atoms with Crippen molar-refractivity contribution in [2.24, 2.45) is 0 Å². The summed E-state index contributed by atoms with van der Waals surface area (Å²) in [5.74, 6) is -0.739. The molecule has 0 aliphatic heterocycles. The summed E-state index contributed by atoms with van der Waals surface area (Å²) in [4.78, 5) is 52.1. The third-order valence-corrected chi connectivity index (χ3v) is 7.72. The summed E-state index contributed by atoms with van der Waals surface area (Å²) in [7, 11) is 1.55. The minimum absolute atomic E-state index is 0.111. The van der Waals surface area contributed by atoms with Crippen LogP contribution in [0.15, 0.2) is 97.1 Å². The van der Waals surface area contributed by atoms with E-state index in [-0.39, 0.29) is 30.4 Å². The number of amides is 2. The number of benzene rings is 4. The van der Waals surface area contributed by atoms with E-state index in [1.54, 1.807) is 85.3 Å². The molecule has 9 nitrogen and oxygen atoms in total. The maximum Gasteiger partial charge on any atom is 0.334 e. The maximum absolute atomic E-state index is 13.7. The fraction of sp³-hybridized carbons (Fsp3) is 0.167. The van der Waals surface area contributed by atoms with E-state index < -0.39 is 17.9 Å². The third-order valence-electron chi connectivity index (χ3n) is 7.47. The van der Waals surface area contributed by atoms with Crippen LogP contribution in [-0.4, -0.2) is 41.4 Å². The monoisotopic (exact) mass is 637 g/mol. The van der Waals surface area contributed by atoms with E-state index in [1.807, 2.05) is 30.3 Å². The van der Waals surface area contributed by atoms with Gasteiger partial charge in [-0.25, -0.2) is 4.79 Å². The summed E-state index contributed by atoms with van der Waals surface area (Å²) in [6, 6.07) is 26.6. The average Bonchev–Trinajstić information content (AvgIpc) is 3.31. The number of esters is 1. The molecule has 0 unspecified atom stereocenters. The van der Waals surface area contributed by atoms with Crippen LogP contribution in [0.25, 0.3) is 10.9 Å². The molecule has 0 bridgehead atoms. The zero-order valence-electron chi connectivity index (χ0n) is 25.5. The molecule has 2 N–H and O–H groups in total. The van der Waals surface area contributed by atoms with Crippen molar-refractivity contribution < 1.29 is 28.7 Å². The van der Waals surface area contributed by atoms with Crippen LogP contribution in [0.4, 0.5) is 5.69 Å². The minimum Gasteiger partial charge on any atom is -0.497 e. The molecule has 5 rings (SSSR count). The zero-order valence-corrected chi connectivity index (χ0v) is 26.3. The molecule has 0 spiro atoms. The van der Waals surface area contributed by atoms with Gasteiger partial charge in [0.15, 0.2) is 0 Å². The highest BCUT2D eigenvalue weighted by Gasteiger charge is 2.26. The Kier molecular flexibility index (Phi) is 9.83. The Bertz CT molecular complexity index is 1900. The largest absolute Gasteiger partial charge is 0.497 e. The smallest absolute Gasteiger partial charge is 0.334 e. The van der Waals surface area contributed by atoms with E-state index in [4.69, 9.17) is 21.1 Å². The summed E-state index contributed by atoms with van der Waals surface area (Å²) in [6.45, 7) is 3.18. The van der Waals surface area contributed by atoms with Gasteiger partial charge in [-0.3, -0.25) is 19.0 Å². The number of anilines is 1. The zero-order chi connectivity index (χ0) is 32.8. The second kappa shape index (κ2) is 14.1. The standard InChI is InChI=1S/C36H32ClN3O6/c1-22-30(31-20-29(45-3)17-18-33(31)40(22)35(43)25-9-11-26(37)12-10-25)21-34(42)39-32(19-24-7-5-4-6-8-24)36(44)46-28-15-13-27(14-16-28)38-23(2)41/h4-18,20,32H,19,21H2,1-3H3,(H,38,41)(H,39,42)/t32-/m0/s1. The number of nitrogens with one attached hydrogen (secondary N) is 2. The maximum atomic E-state index is 13.7. The van der Waals surface area contributed by atoms with Gasteiger partial charge < -0.3 is 20.1 Å². The molecule has 46 heavy (non-hydrogen) atoms. The van der Waals surface area contributed by atoms with Crippen LogP contribution in [0.3, 0.4) is 0 Å². The number of rotatable bonds is 10. The van der Waals surface area contributed by atoms with E-state index in [1.165, 1.54) is 6.92 Å². The van der Waals surface area contributed by atoms with Crippen molar-refractivity contribution in [3.8, 4) is 11.5 Å². The molecule has 0 fully saturated rings. The number of hydrogen-bond acceptors (Lipinski definition) is 6. The predicted octanol–water partition coefficient (Wildman–Crippen LogP) is 6.13. The van der Waals surface area contributed by atoms with E-state index in [2.05, 4.69) is 10.6 Å². The summed E-state index contributed by atoms with van der Waals surface area (Å²) >= 11 is 6.04. The molecule has 2 amide bonds. The van der Waals surface area contributed by atoms with Gasteiger partial charge in [0, 0.05) is 40.7 Å². The van der Waals surface area contributed by atoms with Crippen LogP contribution in [0.5, 0.6) is 11.5 Å². The number of methoxy groups -OCH3 is 1. The quantitative estimate of drug-likeness (QED) is 0.141. The van der Waals surface area contributed by atoms with Crippen LogP contribution in [0, 0.1) is 6.92 Å². The number of nitrogens with zero attached hydrogens (tertiary/aromatic N) is 1. The van der Waals surface area contributed by atoms with E-state index in [9.17, 15) is 19.2 Å². The molecule has 4 aromatic carbocycles. The van der Waals surface area contributed by atoms with Gasteiger partial charge in [0.05, 0.1) is 19.0 Å². The Hall–Kier alpha value is -5.41. The summed E-state index contributed by atoms with van der Waals surface area (Å²) in [5.41, 5.74) is 3.64. The van der Waals surface area contributed by atoms with Gasteiger partial charge in [-0.1, -0.05) is 41.9 Å². The molecule has 0 saturated heterocycles. The SMILES string of the molecule is COc1ccc2c(c1)c(CC(=O)N[C@@H](Cc1ccccc1)C(=O)Oc1ccc(NC(C)=O)cc1)c(C)n2C(=O)c1ccc(Cl)cc1. The van der Waals surface area contributed by atoms with Gasteiger partial charge in [-0.2, -0.15) is 0 Å². The summed E-state index contributed by atoms with van der Waals surface area (Å²) in [5, 5.41) is 6.71. The molecule has 10 heteroatoms. The molecule has 0 radical (unpaired) electrons. The summed E-state index contributed by atoms with van der Waals surface area (Å²) in [6.07, 6.45) is 0.0827. The van der Waals surface area contributed by atoms with Crippen LogP contribution < -0.4 is 20.1 Å². The van der Waals surface area contributed by atoms with Gasteiger partial charge in [0.2, 0.25) is 11.8 Å². The van der Waals surface area contributed by atoms with E-state index >= 15 is 0 Å². The lowest BCUT2D eigenvalue weighted by molar-refractivity contribution is -0.139. The molecule has 0 aliphatic carbocycles. The molecule has 234 valence electrons. The van der Waals surface area contributed by atoms with Gasteiger partial charge in [-0.05, 0) is 84.8 Å². The van der Waals surface area contributed by atoms with Crippen LogP contribution >= 0.6 is 11.6 Å². The van der Waals surface area contributed by atoms with Gasteiger partial charge in [-0.15, -0.1) is 0 Å². The fourth-order valence-electron chi connectivity index (χ4n) is 5.24. The Morgan fingerprint density at radius 3 is 2.20 bits per heavy atom. The van der Waals surface area contributed by atoms with Gasteiger partial charge >= 0.3 is 5.97 Å². The fourth-order valence-corrected chi connectivity index (χ4v) is 5.37. The Labute approximate surface area is 271 Å². The summed E-state index contributed by atoms with van der Waals surface area (Å²) < 4.78 is 12.7. The number of carbonyl (C=O) groups excluding carboxylic acids is 4. The van der Waals surface area contributed by atoms with Crippen molar-refractivity contribution in [3.05, 3.63) is 124 Å². The van der Waals surface area contributed by atoms with Crippen molar-refractivity contribution in [3.63, 3.8) is 0 Å². The van der Waals surface area contributed by atoms with Crippen LogP contribution in [0.2, 0.25) is 5.02 Å². The molecule has 5 aromatic rings. The molecule has 1 aromatic heterocycles. The predicted molar refractivity (Wildman–Crippen MR) is 177 cm³/mol. The second-order valence-corrected chi connectivity index (χ2v) is 11.1. The number of aromatic nitrogens is 1. The number of hydrogen-bond donors (Lipinski definition) is 2. The van der Waals surface area contributed by atoms with Crippen LogP contribution in [-0.2, 0) is 27.2 Å². The van der Waals surface area contributed by atoms with E-state index in [0.717, 1.165) is 5.56 Å². The third kappa shape index (κ3) is 7.44. The molecule has 1 atom stereocenters. The van der Waals surface area contributed by atoms with Gasteiger partial charge in [0.1, 0.15) is 17.5 Å². The molecule has 1 heterocycles. The Morgan fingerprint density at radius 1 is 0.870 bits per heavy atom. The Morgan fingerprint density at radius 2 is 1.54 bits per heavy atom. The lowest BCUT2D eigenvalue weighted by Gasteiger charge is -2.18. The second-order valence-electron chi connectivity index (χ2n) is 10.7. The molecular weight excluding hydrogens is 606 g/mol. The highest BCUT2D eigenvalue weighted by atomic mass is 35.5. The van der Waals surface area contributed by atoms with Crippen molar-refractivity contribution in [1.29, 1.82) is 0 Å². The highest BCUT2D eigenvalue weighted by Crippen LogP contribution is 2.31. The lowest BCUT2D eigenvalue weighted by Crippen LogP contribution is -2.45. The molecule has 0 saturated carbocycles. The van der Waals surface area contributed by atoms with Crippen molar-refractivity contribution in [2.75, 3.05) is 12.4 Å². The lowest BCUT2D eigenvalue weighted by atomic mass is 10.0. The van der Waals surface area contributed by atoms with E-state index in [0.29, 0.717) is 44.2 Å². The first-order chi connectivity index (χ1) is 22.1. The topological polar surface area (TPSA) is 116 Å². The first-order valence-electron chi connectivity index (χ1n) is 14.5. The number of carbonyl (C=O) groups is 4. The average molecular weight is 638 g/mol. The normalized spacial score (nSPS) is 11.5. The van der Waals surface area contributed by atoms with Crippen LogP contribution in [0.1, 0.15) is 34.1 Å². The number of halogens is 1.